The minimum atomic E-state index is -0.265. The first-order chi connectivity index (χ1) is 7.69. The van der Waals surface area contributed by atoms with Crippen LogP contribution in [-0.4, -0.2) is 18.2 Å². The first kappa shape index (κ1) is 12.1. The fourth-order valence-corrected chi connectivity index (χ4v) is 1.45. The van der Waals surface area contributed by atoms with Crippen LogP contribution in [0.15, 0.2) is 18.2 Å². The number of nitrogens with zero attached hydrogens (tertiary/aromatic N) is 1. The van der Waals surface area contributed by atoms with Gasteiger partial charge < -0.3 is 9.84 Å². The Morgan fingerprint density at radius 2 is 2.31 bits per heavy atom. The highest BCUT2D eigenvalue weighted by molar-refractivity contribution is 5.69. The number of nitriles is 1. The number of hydrogen-bond acceptors (Lipinski definition) is 4. The summed E-state index contributed by atoms with van der Waals surface area (Å²) in [5.41, 5.74) is 1.04. The zero-order valence-corrected chi connectivity index (χ0v) is 9.06. The highest BCUT2D eigenvalue weighted by atomic mass is 16.5. The van der Waals surface area contributed by atoms with Crippen LogP contribution in [-0.2, 0) is 16.0 Å². The van der Waals surface area contributed by atoms with Crippen molar-refractivity contribution in [2.45, 2.75) is 19.3 Å². The predicted molar refractivity (Wildman–Crippen MR) is 57.8 cm³/mol. The second-order valence-electron chi connectivity index (χ2n) is 3.35. The van der Waals surface area contributed by atoms with Crippen LogP contribution in [0.25, 0.3) is 0 Å². The number of benzene rings is 1. The Labute approximate surface area is 94.1 Å². The fraction of sp³-hybridized carbons (Fsp3) is 0.333. The lowest BCUT2D eigenvalue weighted by Gasteiger charge is -2.04. The Morgan fingerprint density at radius 1 is 1.56 bits per heavy atom. The van der Waals surface area contributed by atoms with E-state index in [2.05, 4.69) is 4.74 Å². The first-order valence-corrected chi connectivity index (χ1v) is 4.96. The molecule has 0 aliphatic rings. The lowest BCUT2D eigenvalue weighted by molar-refractivity contribution is -0.140. The Morgan fingerprint density at radius 3 is 2.94 bits per heavy atom. The van der Waals surface area contributed by atoms with Crippen molar-refractivity contribution in [2.24, 2.45) is 0 Å². The maximum atomic E-state index is 10.9. The Kier molecular flexibility index (Phi) is 4.34. The molecule has 0 amide bonds. The summed E-state index contributed by atoms with van der Waals surface area (Å²) in [7, 11) is 1.34. The van der Waals surface area contributed by atoms with E-state index in [-0.39, 0.29) is 17.3 Å². The van der Waals surface area contributed by atoms with Crippen LogP contribution in [0.1, 0.15) is 24.0 Å². The van der Waals surface area contributed by atoms with Crippen molar-refractivity contribution in [3.63, 3.8) is 0 Å². The Hall–Kier alpha value is -2.02. The molecule has 0 atom stereocenters. The average Bonchev–Trinajstić information content (AvgIpc) is 2.29. The third kappa shape index (κ3) is 2.99. The number of carbonyl (C=O) groups is 1. The molecule has 4 heteroatoms. The molecule has 0 aliphatic carbocycles. The zero-order chi connectivity index (χ0) is 12.0. The van der Waals surface area contributed by atoms with E-state index in [1.807, 2.05) is 6.07 Å². The number of phenols is 1. The molecule has 0 saturated heterocycles. The lowest BCUT2D eigenvalue weighted by Crippen LogP contribution is -2.01. The van der Waals surface area contributed by atoms with Gasteiger partial charge in [0.15, 0.2) is 0 Å². The van der Waals surface area contributed by atoms with Gasteiger partial charge in [-0.3, -0.25) is 4.79 Å². The first-order valence-electron chi connectivity index (χ1n) is 4.96. The number of ether oxygens (including phenoxy) is 1. The molecule has 16 heavy (non-hydrogen) atoms. The highest BCUT2D eigenvalue weighted by Gasteiger charge is 2.07. The summed E-state index contributed by atoms with van der Waals surface area (Å²) in [6.07, 6.45) is 1.49. The predicted octanol–water partition coefficient (Wildman–Crippen LogP) is 1.76. The average molecular weight is 219 g/mol. The number of methoxy groups -OCH3 is 1. The lowest BCUT2D eigenvalue weighted by atomic mass is 10.0. The van der Waals surface area contributed by atoms with Crippen LogP contribution in [0.3, 0.4) is 0 Å². The number of carbonyl (C=O) groups excluding carboxylic acids is 1. The molecule has 0 bridgehead atoms. The molecule has 0 saturated carbocycles. The minimum Gasteiger partial charge on any atom is -0.507 e. The number of aromatic hydroxyl groups is 1. The van der Waals surface area contributed by atoms with Gasteiger partial charge >= 0.3 is 5.97 Å². The van der Waals surface area contributed by atoms with Crippen molar-refractivity contribution in [3.8, 4) is 11.8 Å². The van der Waals surface area contributed by atoms with Crippen LogP contribution in [0.4, 0.5) is 0 Å². The Balaban J connectivity index is 2.64. The van der Waals surface area contributed by atoms with E-state index in [1.165, 1.54) is 13.2 Å². The molecule has 0 spiro atoms. The van der Waals surface area contributed by atoms with E-state index < -0.39 is 0 Å². The second kappa shape index (κ2) is 5.76. The quantitative estimate of drug-likeness (QED) is 0.783. The van der Waals surface area contributed by atoms with Crippen molar-refractivity contribution < 1.29 is 14.6 Å². The molecule has 0 aliphatic heterocycles. The normalized spacial score (nSPS) is 9.50. The number of rotatable bonds is 4. The summed E-state index contributed by atoms with van der Waals surface area (Å²) >= 11 is 0. The maximum absolute atomic E-state index is 10.9. The minimum absolute atomic E-state index is 0.0157. The van der Waals surface area contributed by atoms with Gasteiger partial charge in [-0.2, -0.15) is 5.26 Å². The van der Waals surface area contributed by atoms with Gasteiger partial charge in [-0.1, -0.05) is 12.1 Å². The molecule has 1 aromatic rings. The van der Waals surface area contributed by atoms with E-state index in [0.717, 1.165) is 5.56 Å². The molecular formula is C12H13NO3. The Bertz CT molecular complexity index is 421. The molecule has 1 aromatic carbocycles. The van der Waals surface area contributed by atoms with Crippen LogP contribution >= 0.6 is 0 Å². The molecule has 1 N–H and O–H groups in total. The number of phenolic OH excluding ortho intramolecular Hbond substituents is 1. The third-order valence-electron chi connectivity index (χ3n) is 2.30. The topological polar surface area (TPSA) is 70.3 Å². The highest BCUT2D eigenvalue weighted by Crippen LogP contribution is 2.21. The van der Waals surface area contributed by atoms with Crippen LogP contribution in [0, 0.1) is 11.3 Å². The van der Waals surface area contributed by atoms with Crippen molar-refractivity contribution in [1.82, 2.24) is 0 Å². The van der Waals surface area contributed by atoms with Crippen LogP contribution < -0.4 is 0 Å². The summed E-state index contributed by atoms with van der Waals surface area (Å²) in [5.74, 6) is -0.281. The maximum Gasteiger partial charge on any atom is 0.305 e. The SMILES string of the molecule is COC(=O)CCCc1cccc(O)c1C#N. The molecule has 4 nitrogen and oxygen atoms in total. The standard InChI is InChI=1S/C12H13NO3/c1-16-12(15)7-3-5-9-4-2-6-11(14)10(9)8-13/h2,4,6,14H,3,5,7H2,1H3. The van der Waals surface area contributed by atoms with Crippen LogP contribution in [0.2, 0.25) is 0 Å². The molecule has 1 rings (SSSR count). The van der Waals surface area contributed by atoms with Gasteiger partial charge in [0.05, 0.1) is 12.7 Å². The summed E-state index contributed by atoms with van der Waals surface area (Å²) in [6, 6.07) is 6.88. The van der Waals surface area contributed by atoms with Gasteiger partial charge in [0, 0.05) is 6.42 Å². The molecular weight excluding hydrogens is 206 g/mol. The molecule has 0 radical (unpaired) electrons. The molecule has 0 unspecified atom stereocenters. The van der Waals surface area contributed by atoms with Gasteiger partial charge in [-0.05, 0) is 24.5 Å². The van der Waals surface area contributed by atoms with Crippen molar-refractivity contribution >= 4 is 5.97 Å². The monoisotopic (exact) mass is 219 g/mol. The van der Waals surface area contributed by atoms with Gasteiger partial charge in [-0.25, -0.2) is 0 Å². The van der Waals surface area contributed by atoms with Crippen molar-refractivity contribution in [1.29, 1.82) is 5.26 Å². The van der Waals surface area contributed by atoms with E-state index in [0.29, 0.717) is 19.3 Å². The van der Waals surface area contributed by atoms with E-state index in [1.54, 1.807) is 12.1 Å². The molecule has 0 aromatic heterocycles. The summed E-state index contributed by atoms with van der Waals surface area (Å²) < 4.78 is 4.52. The number of esters is 1. The fourth-order valence-electron chi connectivity index (χ4n) is 1.45. The van der Waals surface area contributed by atoms with Crippen molar-refractivity contribution in [2.75, 3.05) is 7.11 Å². The van der Waals surface area contributed by atoms with Gasteiger partial charge in [-0.15, -0.1) is 0 Å². The van der Waals surface area contributed by atoms with Crippen LogP contribution in [0.5, 0.6) is 5.75 Å². The van der Waals surface area contributed by atoms with E-state index >= 15 is 0 Å². The largest absolute Gasteiger partial charge is 0.507 e. The third-order valence-corrected chi connectivity index (χ3v) is 2.30. The summed E-state index contributed by atoms with van der Waals surface area (Å²) in [4.78, 5) is 10.9. The molecule has 84 valence electrons. The summed E-state index contributed by atoms with van der Waals surface area (Å²) in [6.45, 7) is 0. The van der Waals surface area contributed by atoms with Gasteiger partial charge in [0.25, 0.3) is 0 Å². The number of hydrogen-bond donors (Lipinski definition) is 1. The molecule has 0 fully saturated rings. The van der Waals surface area contributed by atoms with E-state index in [9.17, 15) is 9.90 Å². The zero-order valence-electron chi connectivity index (χ0n) is 9.06. The smallest absolute Gasteiger partial charge is 0.305 e. The van der Waals surface area contributed by atoms with Crippen molar-refractivity contribution in [3.05, 3.63) is 29.3 Å². The summed E-state index contributed by atoms with van der Waals surface area (Å²) in [5, 5.41) is 18.3. The van der Waals surface area contributed by atoms with Gasteiger partial charge in [0.2, 0.25) is 0 Å². The molecule has 0 heterocycles. The second-order valence-corrected chi connectivity index (χ2v) is 3.35. The number of aryl methyl sites for hydroxylation is 1. The van der Waals surface area contributed by atoms with Gasteiger partial charge in [0.1, 0.15) is 11.8 Å². The van der Waals surface area contributed by atoms with E-state index in [4.69, 9.17) is 5.26 Å².